The van der Waals surface area contributed by atoms with E-state index in [9.17, 15) is 25.0 Å². The molecule has 0 saturated carbocycles. The summed E-state index contributed by atoms with van der Waals surface area (Å²) in [6, 6.07) is 5.53. The van der Waals surface area contributed by atoms with Gasteiger partial charge in [-0.25, -0.2) is 5.43 Å². The fourth-order valence-electron chi connectivity index (χ4n) is 1.55. The van der Waals surface area contributed by atoms with Gasteiger partial charge in [-0.1, -0.05) is 0 Å². The third kappa shape index (κ3) is 4.11. The lowest BCUT2D eigenvalue weighted by molar-refractivity contribution is -0.394. The fourth-order valence-corrected chi connectivity index (χ4v) is 1.71. The summed E-state index contributed by atoms with van der Waals surface area (Å²) in [5.41, 5.74) is 0.639. The van der Waals surface area contributed by atoms with Crippen LogP contribution in [0.2, 0.25) is 5.22 Å². The molecule has 0 radical (unpaired) electrons. The van der Waals surface area contributed by atoms with E-state index >= 15 is 0 Å². The normalized spacial score (nSPS) is 10.7. The van der Waals surface area contributed by atoms with Crippen molar-refractivity contribution >= 4 is 35.1 Å². The number of hydrogen-bond donors (Lipinski definition) is 1. The quantitative estimate of drug-likeness (QED) is 0.504. The van der Waals surface area contributed by atoms with Crippen LogP contribution >= 0.6 is 11.6 Å². The van der Waals surface area contributed by atoms with Crippen molar-refractivity contribution in [1.82, 2.24) is 5.43 Å². The van der Waals surface area contributed by atoms with Crippen molar-refractivity contribution in [2.45, 2.75) is 0 Å². The van der Waals surface area contributed by atoms with E-state index in [1.807, 2.05) is 0 Å². The third-order valence-electron chi connectivity index (χ3n) is 2.54. The molecule has 0 bridgehead atoms. The molecule has 0 aliphatic rings. The Kier molecular flexibility index (Phi) is 4.66. The Bertz CT molecular complexity index is 783. The van der Waals surface area contributed by atoms with Crippen LogP contribution in [0.25, 0.3) is 0 Å². The molecule has 1 amide bonds. The predicted octanol–water partition coefficient (Wildman–Crippen LogP) is 2.51. The smallest absolute Gasteiger partial charge is 0.277 e. The monoisotopic (exact) mass is 338 g/mol. The molecule has 10 nitrogen and oxygen atoms in total. The molecule has 23 heavy (non-hydrogen) atoms. The number of halogens is 1. The number of hydrazone groups is 1. The van der Waals surface area contributed by atoms with E-state index in [0.29, 0.717) is 0 Å². The molecule has 1 aromatic heterocycles. The lowest BCUT2D eigenvalue weighted by Crippen LogP contribution is -2.18. The molecule has 0 aliphatic carbocycles. The van der Waals surface area contributed by atoms with Crippen LogP contribution in [-0.4, -0.2) is 22.0 Å². The molecule has 0 spiro atoms. The van der Waals surface area contributed by atoms with Gasteiger partial charge in [-0.3, -0.25) is 25.0 Å². The Hall–Kier alpha value is -3.27. The van der Waals surface area contributed by atoms with Crippen LogP contribution in [0.3, 0.4) is 0 Å². The van der Waals surface area contributed by atoms with E-state index in [-0.39, 0.29) is 16.5 Å². The highest BCUT2D eigenvalue weighted by Crippen LogP contribution is 2.22. The number of furan rings is 1. The first-order valence-corrected chi connectivity index (χ1v) is 6.27. The van der Waals surface area contributed by atoms with Gasteiger partial charge in [-0.05, 0) is 23.7 Å². The average Bonchev–Trinajstić information content (AvgIpc) is 2.92. The molecular weight excluding hydrogens is 332 g/mol. The number of amides is 1. The van der Waals surface area contributed by atoms with Gasteiger partial charge in [0.25, 0.3) is 17.3 Å². The number of hydrogen-bond acceptors (Lipinski definition) is 7. The second kappa shape index (κ2) is 6.66. The topological polar surface area (TPSA) is 141 Å². The van der Waals surface area contributed by atoms with Gasteiger partial charge >= 0.3 is 0 Å². The minimum Gasteiger partial charge on any atom is -0.444 e. The van der Waals surface area contributed by atoms with E-state index in [1.54, 1.807) is 0 Å². The average molecular weight is 339 g/mol. The zero-order chi connectivity index (χ0) is 17.0. The van der Waals surface area contributed by atoms with Crippen molar-refractivity contribution in [1.29, 1.82) is 0 Å². The van der Waals surface area contributed by atoms with Gasteiger partial charge in [-0.2, -0.15) is 5.10 Å². The highest BCUT2D eigenvalue weighted by Gasteiger charge is 2.19. The van der Waals surface area contributed by atoms with Crippen molar-refractivity contribution in [3.8, 4) is 0 Å². The summed E-state index contributed by atoms with van der Waals surface area (Å²) in [5, 5.41) is 25.2. The first-order chi connectivity index (χ1) is 10.9. The lowest BCUT2D eigenvalue weighted by Gasteiger charge is -2.00. The maximum absolute atomic E-state index is 11.9. The minimum absolute atomic E-state index is 0.132. The predicted molar refractivity (Wildman–Crippen MR) is 78.5 cm³/mol. The van der Waals surface area contributed by atoms with Gasteiger partial charge in [-0.15, -0.1) is 0 Å². The van der Waals surface area contributed by atoms with E-state index in [0.717, 1.165) is 24.4 Å². The van der Waals surface area contributed by atoms with E-state index in [1.165, 1.54) is 12.1 Å². The Morgan fingerprint density at radius 2 is 1.78 bits per heavy atom. The van der Waals surface area contributed by atoms with Crippen LogP contribution in [0.15, 0.2) is 39.9 Å². The summed E-state index contributed by atoms with van der Waals surface area (Å²) in [4.78, 5) is 31.7. The Morgan fingerprint density at radius 3 is 2.26 bits per heavy atom. The summed E-state index contributed by atoms with van der Waals surface area (Å²) >= 11 is 5.55. The molecule has 0 saturated heterocycles. The second-order valence-electron chi connectivity index (χ2n) is 4.09. The Labute approximate surface area is 132 Å². The number of nitro groups is 2. The van der Waals surface area contributed by atoms with Gasteiger partial charge in [0.05, 0.1) is 27.7 Å². The highest BCUT2D eigenvalue weighted by molar-refractivity contribution is 6.28. The summed E-state index contributed by atoms with van der Waals surface area (Å²) in [6.45, 7) is 0. The summed E-state index contributed by atoms with van der Waals surface area (Å²) in [5.74, 6) is -0.592. The van der Waals surface area contributed by atoms with Crippen LogP contribution in [-0.2, 0) is 0 Å². The Balaban J connectivity index is 2.19. The van der Waals surface area contributed by atoms with Gasteiger partial charge in [0.2, 0.25) is 0 Å². The zero-order valence-electron chi connectivity index (χ0n) is 11.1. The van der Waals surface area contributed by atoms with Crippen molar-refractivity contribution in [3.63, 3.8) is 0 Å². The number of nitro benzene ring substituents is 2. The molecule has 1 N–H and O–H groups in total. The van der Waals surface area contributed by atoms with Crippen LogP contribution in [0.5, 0.6) is 0 Å². The zero-order valence-corrected chi connectivity index (χ0v) is 11.9. The molecular formula is C12H7ClN4O6. The van der Waals surface area contributed by atoms with Crippen LogP contribution in [0, 0.1) is 20.2 Å². The number of nitrogens with one attached hydrogen (secondary N) is 1. The van der Waals surface area contributed by atoms with Crippen molar-refractivity contribution in [2.24, 2.45) is 5.10 Å². The molecule has 118 valence electrons. The first-order valence-electron chi connectivity index (χ1n) is 5.89. The van der Waals surface area contributed by atoms with E-state index in [4.69, 9.17) is 16.0 Å². The standard InChI is InChI=1S/C12H7ClN4O6/c13-11-2-1-10(23-11)6-14-15-12(18)7-3-8(16(19)20)5-9(4-7)17(21)22/h1-6H,(H,15,18)/b14-6-. The largest absolute Gasteiger partial charge is 0.444 e. The number of non-ortho nitro benzene ring substituents is 2. The molecule has 2 rings (SSSR count). The number of benzene rings is 1. The van der Waals surface area contributed by atoms with Crippen LogP contribution in [0.4, 0.5) is 11.4 Å². The summed E-state index contributed by atoms with van der Waals surface area (Å²) < 4.78 is 4.96. The molecule has 11 heteroatoms. The van der Waals surface area contributed by atoms with Gasteiger partial charge in [0, 0.05) is 12.1 Å². The third-order valence-corrected chi connectivity index (χ3v) is 2.74. The lowest BCUT2D eigenvalue weighted by atomic mass is 10.1. The van der Waals surface area contributed by atoms with E-state index < -0.39 is 27.1 Å². The molecule has 1 heterocycles. The first kappa shape index (κ1) is 16.1. The summed E-state index contributed by atoms with van der Waals surface area (Å²) in [7, 11) is 0. The number of carbonyl (C=O) groups is 1. The summed E-state index contributed by atoms with van der Waals surface area (Å²) in [6.07, 6.45) is 1.15. The van der Waals surface area contributed by atoms with E-state index in [2.05, 4.69) is 10.5 Å². The maximum Gasteiger partial charge on any atom is 0.277 e. The molecule has 0 atom stereocenters. The molecule has 0 fully saturated rings. The van der Waals surface area contributed by atoms with Gasteiger partial charge < -0.3 is 4.42 Å². The van der Waals surface area contributed by atoms with Crippen molar-refractivity contribution in [2.75, 3.05) is 0 Å². The van der Waals surface area contributed by atoms with Gasteiger partial charge in [0.15, 0.2) is 5.22 Å². The van der Waals surface area contributed by atoms with Gasteiger partial charge in [0.1, 0.15) is 5.76 Å². The molecule has 0 aliphatic heterocycles. The minimum atomic E-state index is -0.856. The van der Waals surface area contributed by atoms with Crippen LogP contribution in [0.1, 0.15) is 16.1 Å². The number of carbonyl (C=O) groups excluding carboxylic acids is 1. The van der Waals surface area contributed by atoms with Crippen molar-refractivity contribution < 1.29 is 19.1 Å². The Morgan fingerprint density at radius 1 is 1.17 bits per heavy atom. The molecule has 2 aromatic rings. The maximum atomic E-state index is 11.9. The highest BCUT2D eigenvalue weighted by atomic mass is 35.5. The number of nitrogens with zero attached hydrogens (tertiary/aromatic N) is 3. The second-order valence-corrected chi connectivity index (χ2v) is 4.47. The number of rotatable bonds is 5. The van der Waals surface area contributed by atoms with Crippen molar-refractivity contribution in [3.05, 3.63) is 67.1 Å². The fraction of sp³-hybridized carbons (Fsp3) is 0. The van der Waals surface area contributed by atoms with Crippen LogP contribution < -0.4 is 5.43 Å². The molecule has 0 unspecified atom stereocenters. The SMILES string of the molecule is O=C(N/N=C\c1ccc(Cl)o1)c1cc([N+](=O)[O-])cc([N+](=O)[O-])c1. The molecule has 1 aromatic carbocycles.